The first-order valence-electron chi connectivity index (χ1n) is 5.39. The number of nitrogens with zero attached hydrogens (tertiary/aromatic N) is 1. The lowest BCUT2D eigenvalue weighted by Crippen LogP contribution is -2.33. The van der Waals surface area contributed by atoms with Crippen molar-refractivity contribution in [2.45, 2.75) is 12.5 Å². The smallest absolute Gasteiger partial charge is 0.310 e. The van der Waals surface area contributed by atoms with Crippen LogP contribution in [0.4, 0.5) is 0 Å². The van der Waals surface area contributed by atoms with Crippen molar-refractivity contribution in [3.05, 3.63) is 41.2 Å². The highest BCUT2D eigenvalue weighted by atomic mass is 35.5. The molecule has 0 spiro atoms. The lowest BCUT2D eigenvalue weighted by Gasteiger charge is -2.12. The second kappa shape index (κ2) is 5.18. The highest BCUT2D eigenvalue weighted by Gasteiger charge is 2.26. The minimum Gasteiger partial charge on any atom is -0.481 e. The fraction of sp³-hybridized carbons (Fsp3) is 0.250. The van der Waals surface area contributed by atoms with Gasteiger partial charge in [-0.15, -0.1) is 0 Å². The normalized spacial score (nSPS) is 21.8. The van der Waals surface area contributed by atoms with Gasteiger partial charge in [0, 0.05) is 18.4 Å². The molecule has 1 aromatic heterocycles. The minimum absolute atomic E-state index is 0.283. The van der Waals surface area contributed by atoms with Crippen LogP contribution in [0.1, 0.15) is 16.8 Å². The molecule has 2 atom stereocenters. The first-order chi connectivity index (χ1) is 8.58. The number of amides is 1. The first-order valence-corrected chi connectivity index (χ1v) is 5.77. The molecular formula is C12H11ClN2O3. The number of carbonyl (C=O) groups is 2. The number of pyridine rings is 1. The molecule has 1 amide bonds. The van der Waals surface area contributed by atoms with Crippen molar-refractivity contribution >= 4 is 23.5 Å². The summed E-state index contributed by atoms with van der Waals surface area (Å²) >= 11 is 5.87. The van der Waals surface area contributed by atoms with Crippen LogP contribution in [0.25, 0.3) is 0 Å². The lowest BCUT2D eigenvalue weighted by atomic mass is 10.1. The molecule has 0 saturated heterocycles. The van der Waals surface area contributed by atoms with Crippen molar-refractivity contribution in [1.29, 1.82) is 0 Å². The van der Waals surface area contributed by atoms with Crippen LogP contribution in [0, 0.1) is 5.92 Å². The van der Waals surface area contributed by atoms with Crippen molar-refractivity contribution < 1.29 is 14.7 Å². The van der Waals surface area contributed by atoms with E-state index in [2.05, 4.69) is 10.3 Å². The Morgan fingerprint density at radius 1 is 1.44 bits per heavy atom. The van der Waals surface area contributed by atoms with Gasteiger partial charge in [0.15, 0.2) is 0 Å². The van der Waals surface area contributed by atoms with E-state index < -0.39 is 11.9 Å². The molecule has 94 valence electrons. The molecule has 0 fully saturated rings. The van der Waals surface area contributed by atoms with Crippen LogP contribution in [0.3, 0.4) is 0 Å². The van der Waals surface area contributed by atoms with E-state index in [1.54, 1.807) is 12.2 Å². The number of aromatic nitrogens is 1. The molecule has 6 heteroatoms. The highest BCUT2D eigenvalue weighted by molar-refractivity contribution is 6.33. The Balaban J connectivity index is 2.00. The summed E-state index contributed by atoms with van der Waals surface area (Å²) in [6, 6.07) is 1.25. The van der Waals surface area contributed by atoms with Gasteiger partial charge in [0.25, 0.3) is 5.91 Å². The second-order valence-electron chi connectivity index (χ2n) is 4.00. The predicted molar refractivity (Wildman–Crippen MR) is 65.4 cm³/mol. The monoisotopic (exact) mass is 266 g/mol. The molecule has 1 aliphatic carbocycles. The van der Waals surface area contributed by atoms with Crippen molar-refractivity contribution in [2.75, 3.05) is 0 Å². The number of carboxylic acids is 1. The Morgan fingerprint density at radius 3 is 2.83 bits per heavy atom. The summed E-state index contributed by atoms with van der Waals surface area (Å²) in [7, 11) is 0. The largest absolute Gasteiger partial charge is 0.481 e. The van der Waals surface area contributed by atoms with Gasteiger partial charge in [0.1, 0.15) is 0 Å². The molecule has 0 saturated carbocycles. The maximum atomic E-state index is 11.9. The van der Waals surface area contributed by atoms with E-state index in [-0.39, 0.29) is 17.5 Å². The summed E-state index contributed by atoms with van der Waals surface area (Å²) in [4.78, 5) is 26.5. The molecule has 0 aromatic carbocycles. The highest BCUT2D eigenvalue weighted by Crippen LogP contribution is 2.19. The van der Waals surface area contributed by atoms with Gasteiger partial charge < -0.3 is 10.4 Å². The van der Waals surface area contributed by atoms with Gasteiger partial charge in [-0.2, -0.15) is 0 Å². The topological polar surface area (TPSA) is 79.3 Å². The van der Waals surface area contributed by atoms with Crippen molar-refractivity contribution in [3.8, 4) is 0 Å². The van der Waals surface area contributed by atoms with E-state index in [1.807, 2.05) is 0 Å². The van der Waals surface area contributed by atoms with Gasteiger partial charge in [-0.05, 0) is 12.5 Å². The fourth-order valence-electron chi connectivity index (χ4n) is 1.78. The summed E-state index contributed by atoms with van der Waals surface area (Å²) in [5.41, 5.74) is 0.284. The number of nitrogens with one attached hydrogen (secondary N) is 1. The van der Waals surface area contributed by atoms with Gasteiger partial charge >= 0.3 is 5.97 Å². The van der Waals surface area contributed by atoms with E-state index in [0.717, 1.165) is 0 Å². The van der Waals surface area contributed by atoms with E-state index in [4.69, 9.17) is 16.7 Å². The van der Waals surface area contributed by atoms with Crippen LogP contribution in [0.5, 0.6) is 0 Å². The molecule has 18 heavy (non-hydrogen) atoms. The average molecular weight is 267 g/mol. The number of rotatable bonds is 3. The molecular weight excluding hydrogens is 256 g/mol. The van der Waals surface area contributed by atoms with Crippen molar-refractivity contribution in [2.24, 2.45) is 5.92 Å². The van der Waals surface area contributed by atoms with Crippen LogP contribution >= 0.6 is 11.6 Å². The standard InChI is InChI=1S/C12H11ClN2O3/c13-10-3-4-14-6-9(10)11(16)15-8-2-1-7(5-8)12(17)18/h1-4,6-8H,5H2,(H,15,16)(H,17,18). The predicted octanol–water partition coefficient (Wildman–Crippen LogP) is 1.49. The van der Waals surface area contributed by atoms with E-state index in [9.17, 15) is 9.59 Å². The number of halogens is 1. The third-order valence-electron chi connectivity index (χ3n) is 2.73. The zero-order valence-corrected chi connectivity index (χ0v) is 10.1. The number of aliphatic carboxylic acids is 1. The third kappa shape index (κ3) is 2.68. The van der Waals surface area contributed by atoms with Crippen molar-refractivity contribution in [1.82, 2.24) is 10.3 Å². The maximum absolute atomic E-state index is 11.9. The quantitative estimate of drug-likeness (QED) is 0.813. The third-order valence-corrected chi connectivity index (χ3v) is 3.06. The molecule has 1 aromatic rings. The van der Waals surface area contributed by atoms with Gasteiger partial charge in [-0.3, -0.25) is 14.6 Å². The van der Waals surface area contributed by atoms with Gasteiger partial charge in [-0.25, -0.2) is 0 Å². The van der Waals surface area contributed by atoms with E-state index >= 15 is 0 Å². The lowest BCUT2D eigenvalue weighted by molar-refractivity contribution is -0.140. The Morgan fingerprint density at radius 2 is 2.22 bits per heavy atom. The summed E-state index contributed by atoms with van der Waals surface area (Å²) < 4.78 is 0. The molecule has 2 unspecified atom stereocenters. The zero-order valence-electron chi connectivity index (χ0n) is 9.34. The van der Waals surface area contributed by atoms with Gasteiger partial charge in [0.2, 0.25) is 0 Å². The van der Waals surface area contributed by atoms with Crippen molar-refractivity contribution in [3.63, 3.8) is 0 Å². The molecule has 0 radical (unpaired) electrons. The van der Waals surface area contributed by atoms with Gasteiger partial charge in [-0.1, -0.05) is 23.8 Å². The minimum atomic E-state index is -0.887. The molecule has 0 bridgehead atoms. The summed E-state index contributed by atoms with van der Waals surface area (Å²) in [6.45, 7) is 0. The summed E-state index contributed by atoms with van der Waals surface area (Å²) in [6.07, 6.45) is 6.50. The Bertz CT molecular complexity index is 516. The number of hydrogen-bond donors (Lipinski definition) is 2. The molecule has 5 nitrogen and oxygen atoms in total. The van der Waals surface area contributed by atoms with E-state index in [0.29, 0.717) is 11.4 Å². The maximum Gasteiger partial charge on any atom is 0.310 e. The molecule has 0 aliphatic heterocycles. The summed E-state index contributed by atoms with van der Waals surface area (Å²) in [5.74, 6) is -1.78. The molecule has 1 heterocycles. The van der Waals surface area contributed by atoms with Crippen LogP contribution in [-0.2, 0) is 4.79 Å². The summed E-state index contributed by atoms with van der Waals surface area (Å²) in [5, 5.41) is 11.9. The molecule has 2 rings (SSSR count). The molecule has 1 aliphatic rings. The van der Waals surface area contributed by atoms with Crippen LogP contribution in [-0.4, -0.2) is 28.0 Å². The SMILES string of the molecule is O=C(NC1C=CC(C(=O)O)C1)c1cnccc1Cl. The first kappa shape index (κ1) is 12.6. The molecule has 2 N–H and O–H groups in total. The number of carboxylic acid groups (broad SMARTS) is 1. The van der Waals surface area contributed by atoms with E-state index in [1.165, 1.54) is 18.5 Å². The van der Waals surface area contributed by atoms with Crippen LogP contribution < -0.4 is 5.32 Å². The average Bonchev–Trinajstić information content (AvgIpc) is 2.78. The Hall–Kier alpha value is -1.88. The van der Waals surface area contributed by atoms with Crippen LogP contribution in [0.15, 0.2) is 30.6 Å². The fourth-order valence-corrected chi connectivity index (χ4v) is 1.97. The Labute approximate surface area is 108 Å². The number of hydrogen-bond acceptors (Lipinski definition) is 3. The van der Waals surface area contributed by atoms with Gasteiger partial charge in [0.05, 0.1) is 16.5 Å². The second-order valence-corrected chi connectivity index (χ2v) is 4.41. The Kier molecular flexibility index (Phi) is 3.62. The zero-order chi connectivity index (χ0) is 13.1. The van der Waals surface area contributed by atoms with Crippen LogP contribution in [0.2, 0.25) is 5.02 Å². The number of carbonyl (C=O) groups excluding carboxylic acids is 1.